The lowest BCUT2D eigenvalue weighted by Crippen LogP contribution is -2.53. The van der Waals surface area contributed by atoms with Gasteiger partial charge in [-0.25, -0.2) is 0 Å². The number of rotatable bonds is 41. The monoisotopic (exact) mass is 1540 g/mol. The predicted molar refractivity (Wildman–Crippen MR) is 448 cm³/mol. The summed E-state index contributed by atoms with van der Waals surface area (Å²) in [5.41, 5.74) is 28.5. The molecule has 0 fully saturated rings. The SMILES string of the molecule is CC(C)[C@H](N)C(=O)NCc1ccccc1.CCCN(CCC)C(=O)c1cccc(C(=O)N[C@@H](Cc2ccccc2)[C@@H](N)C[C@@H](C)C(=O)N[C@H](C(=O)NCc2ccccc2)C(C)C)c1.CCCN(CCC)C(=O)c1cccc(C(=O)N[C@@H](Cc2ccccc2)[C@H](C[C@@H](C)C(=O)N[C@H](C(=O)NCc2ccccc2)C(C)C)N=[N+]=[N-])c1. The Labute approximate surface area is 669 Å². The Kier molecular flexibility index (Phi) is 41.0. The van der Waals surface area contributed by atoms with E-state index in [4.69, 9.17) is 11.5 Å². The molecular weight excluding hydrogens is 1420 g/mol. The molecule has 0 saturated heterocycles. The Balaban J connectivity index is 0.000000341. The number of nitrogens with zero attached hydrogens (tertiary/aromatic N) is 5. The summed E-state index contributed by atoms with van der Waals surface area (Å²) in [5, 5.41) is 24.7. The van der Waals surface area contributed by atoms with Gasteiger partial charge in [-0.3, -0.25) is 43.2 Å². The molecule has 23 heteroatoms. The van der Waals surface area contributed by atoms with Gasteiger partial charge in [-0.05, 0) is 139 Å². The Morgan fingerprint density at radius 3 is 1.04 bits per heavy atom. The first kappa shape index (κ1) is 92.6. The van der Waals surface area contributed by atoms with Crippen molar-refractivity contribution in [3.05, 3.63) is 261 Å². The number of azide groups is 1. The molecule has 11 N–H and O–H groups in total. The van der Waals surface area contributed by atoms with E-state index in [1.54, 1.807) is 67.3 Å². The van der Waals surface area contributed by atoms with E-state index in [9.17, 15) is 48.7 Å². The fourth-order valence-electron chi connectivity index (χ4n) is 12.7. The van der Waals surface area contributed by atoms with E-state index in [1.165, 1.54) is 0 Å². The number of benzene rings is 7. The average Bonchev–Trinajstić information content (AvgIpc) is 0.839. The molecule has 0 aliphatic rings. The molecule has 0 spiro atoms. The maximum atomic E-state index is 13.7. The van der Waals surface area contributed by atoms with E-state index in [-0.39, 0.29) is 77.9 Å². The summed E-state index contributed by atoms with van der Waals surface area (Å²) in [6, 6.07) is 57.1. The molecule has 9 amide bonds. The molecule has 0 heterocycles. The molecule has 0 bridgehead atoms. The highest BCUT2D eigenvalue weighted by Crippen LogP contribution is 2.22. The first-order valence-corrected chi connectivity index (χ1v) is 39.8. The van der Waals surface area contributed by atoms with Gasteiger partial charge in [0.2, 0.25) is 29.5 Å². The Hall–Kier alpha value is -11.0. The topological polar surface area (TPSA) is 345 Å². The molecule has 113 heavy (non-hydrogen) atoms. The lowest BCUT2D eigenvalue weighted by molar-refractivity contribution is -0.132. The van der Waals surface area contributed by atoms with Crippen LogP contribution in [0.4, 0.5) is 0 Å². The molecule has 7 aromatic rings. The highest BCUT2D eigenvalue weighted by atomic mass is 16.2. The lowest BCUT2D eigenvalue weighted by Gasteiger charge is -2.29. The van der Waals surface area contributed by atoms with Gasteiger partial charge in [0.25, 0.3) is 23.6 Å². The minimum atomic E-state index is -0.802. The molecule has 0 aromatic heterocycles. The summed E-state index contributed by atoms with van der Waals surface area (Å²) in [6.07, 6.45) is 4.53. The van der Waals surface area contributed by atoms with Crippen LogP contribution in [0.15, 0.2) is 205 Å². The van der Waals surface area contributed by atoms with Gasteiger partial charge in [-0.2, -0.15) is 0 Å². The molecule has 7 aromatic carbocycles. The fraction of sp³-hybridized carbons (Fsp3) is 0.433. The van der Waals surface area contributed by atoms with E-state index >= 15 is 0 Å². The first-order chi connectivity index (χ1) is 54.2. The minimum Gasteiger partial charge on any atom is -0.351 e. The Bertz CT molecular complexity index is 4100. The van der Waals surface area contributed by atoms with E-state index in [2.05, 4.69) is 47.2 Å². The van der Waals surface area contributed by atoms with Crippen molar-refractivity contribution in [2.75, 3.05) is 26.2 Å². The number of hydrogen-bond acceptors (Lipinski definition) is 12. The molecule has 0 radical (unpaired) electrons. The molecule has 0 unspecified atom stereocenters. The van der Waals surface area contributed by atoms with Crippen molar-refractivity contribution in [3.63, 3.8) is 0 Å². The van der Waals surface area contributed by atoms with Crippen LogP contribution in [-0.2, 0) is 56.4 Å². The number of nitrogens with one attached hydrogen (secondary N) is 7. The number of amides is 9. The van der Waals surface area contributed by atoms with Crippen molar-refractivity contribution < 1.29 is 43.2 Å². The van der Waals surface area contributed by atoms with Gasteiger partial charge in [0.05, 0.1) is 12.1 Å². The molecule has 7 rings (SSSR count). The maximum absolute atomic E-state index is 13.7. The van der Waals surface area contributed by atoms with Gasteiger partial charge in [0.1, 0.15) is 12.1 Å². The van der Waals surface area contributed by atoms with Crippen LogP contribution in [0, 0.1) is 29.6 Å². The number of hydrogen-bond donors (Lipinski definition) is 9. The van der Waals surface area contributed by atoms with Crippen molar-refractivity contribution >= 4 is 53.2 Å². The second-order valence-electron chi connectivity index (χ2n) is 29.8. The van der Waals surface area contributed by atoms with Gasteiger partial charge in [0.15, 0.2) is 0 Å². The summed E-state index contributed by atoms with van der Waals surface area (Å²) < 4.78 is 0. The second-order valence-corrected chi connectivity index (χ2v) is 29.8. The predicted octanol–water partition coefficient (Wildman–Crippen LogP) is 12.8. The third-order valence-corrected chi connectivity index (χ3v) is 19.3. The van der Waals surface area contributed by atoms with Gasteiger partial charge >= 0.3 is 0 Å². The minimum absolute atomic E-state index is 0.0890. The van der Waals surface area contributed by atoms with Gasteiger partial charge in [0, 0.05) is 103 Å². The standard InChI is InChI=1S/C39H51N7O4.C39H53N5O4.C12H18N2O/c1-6-21-46(22-7-2)39(50)32-20-14-19-31(25-32)37(48)42-33(24-29-15-10-8-11-16-29)34(44-45-40)23-28(5)36(47)43-35(27(3)4)38(49)41-26-30-17-12-9-13-18-30;1-6-21-44(22-7-2)39(48)32-20-14-19-31(25-32)37(46)42-34(24-29-15-10-8-11-16-29)33(40)23-28(5)36(45)43-35(27(3)4)38(47)41-26-30-17-12-9-13-18-30;1-9(2)11(13)12(15)14-8-10-6-4-3-5-7-10/h8-20,25,27-28,33-35H,6-7,21-24,26H2,1-5H3,(H,41,49)(H,42,48)(H,43,47);8-20,25,27-28,33-35H,6-7,21-24,26,40H2,1-5H3,(H,41,47)(H,42,46)(H,43,45);3-7,9,11H,8,13H2,1-2H3,(H,14,15)/t2*28-,33+,34+,35+;11-/m110/s1. The highest BCUT2D eigenvalue weighted by molar-refractivity contribution is 6.01. The summed E-state index contributed by atoms with van der Waals surface area (Å²) in [6.45, 7) is 26.8. The zero-order chi connectivity index (χ0) is 82.8. The van der Waals surface area contributed by atoms with Crippen molar-refractivity contribution in [1.82, 2.24) is 47.0 Å². The number of nitrogens with two attached hydrogens (primary N) is 2. The van der Waals surface area contributed by atoms with Crippen LogP contribution in [0.25, 0.3) is 10.4 Å². The molecule has 23 nitrogen and oxygen atoms in total. The van der Waals surface area contributed by atoms with Crippen LogP contribution >= 0.6 is 0 Å². The first-order valence-electron chi connectivity index (χ1n) is 39.8. The second kappa shape index (κ2) is 50.1. The quantitative estimate of drug-likeness (QED) is 0.00985. The molecular formula is C90H122N14O9. The van der Waals surface area contributed by atoms with Crippen molar-refractivity contribution in [2.45, 2.75) is 196 Å². The van der Waals surface area contributed by atoms with E-state index in [0.29, 0.717) is 80.9 Å². The number of carbonyl (C=O) groups is 9. The van der Waals surface area contributed by atoms with Crippen LogP contribution < -0.4 is 48.7 Å². The van der Waals surface area contributed by atoms with Crippen LogP contribution in [0.1, 0.15) is 191 Å². The zero-order valence-electron chi connectivity index (χ0n) is 68.2. The van der Waals surface area contributed by atoms with Crippen LogP contribution in [0.5, 0.6) is 0 Å². The summed E-state index contributed by atoms with van der Waals surface area (Å²) in [5.74, 6) is -3.61. The van der Waals surface area contributed by atoms with Crippen molar-refractivity contribution in [2.24, 2.45) is 46.2 Å². The van der Waals surface area contributed by atoms with Crippen LogP contribution in [0.3, 0.4) is 0 Å². The normalized spacial score (nSPS) is 13.3. The third kappa shape index (κ3) is 32.3. The van der Waals surface area contributed by atoms with Crippen LogP contribution in [0.2, 0.25) is 0 Å². The van der Waals surface area contributed by atoms with E-state index < -0.39 is 60.0 Å². The molecule has 9 atom stereocenters. The molecule has 0 aliphatic carbocycles. The van der Waals surface area contributed by atoms with Crippen molar-refractivity contribution in [1.29, 1.82) is 0 Å². The number of carbonyl (C=O) groups excluding carboxylic acids is 9. The average molecular weight is 1540 g/mol. The molecule has 0 saturated carbocycles. The fourth-order valence-corrected chi connectivity index (χ4v) is 12.7. The Morgan fingerprint density at radius 2 is 0.699 bits per heavy atom. The zero-order valence-corrected chi connectivity index (χ0v) is 68.2. The summed E-state index contributed by atoms with van der Waals surface area (Å²) >= 11 is 0. The van der Waals surface area contributed by atoms with E-state index in [0.717, 1.165) is 53.5 Å². The van der Waals surface area contributed by atoms with Gasteiger partial charge in [-0.15, -0.1) is 0 Å². The highest BCUT2D eigenvalue weighted by Gasteiger charge is 2.33. The van der Waals surface area contributed by atoms with Crippen molar-refractivity contribution in [3.8, 4) is 0 Å². The van der Waals surface area contributed by atoms with Crippen LogP contribution in [-0.4, -0.2) is 131 Å². The largest absolute Gasteiger partial charge is 0.351 e. The third-order valence-electron chi connectivity index (χ3n) is 19.3. The van der Waals surface area contributed by atoms with Gasteiger partial charge < -0.3 is 58.5 Å². The smallest absolute Gasteiger partial charge is 0.253 e. The Morgan fingerprint density at radius 1 is 0.381 bits per heavy atom. The van der Waals surface area contributed by atoms with E-state index in [1.807, 2.05) is 226 Å². The maximum Gasteiger partial charge on any atom is 0.253 e. The lowest BCUT2D eigenvalue weighted by atomic mass is 9.91. The summed E-state index contributed by atoms with van der Waals surface area (Å²) in [4.78, 5) is 125. The molecule has 606 valence electrons. The summed E-state index contributed by atoms with van der Waals surface area (Å²) in [7, 11) is 0. The molecule has 0 aliphatic heterocycles. The van der Waals surface area contributed by atoms with Gasteiger partial charge in [-0.1, -0.05) is 252 Å².